The molecule has 0 amide bonds. The molecule has 4 nitrogen and oxygen atoms in total. The standard InChI is InChI=1S/C18H19FN2O2S/c1-2-3-12-23-17(22)13-4-8-15(9-5-13)20-18(24)21-16-10-6-14(19)7-11-16/h4-11H,2-3,12H2,1H3,(H2,20,21,24). The van der Waals surface area contributed by atoms with Gasteiger partial charge in [-0.25, -0.2) is 9.18 Å². The molecule has 0 unspecified atom stereocenters. The highest BCUT2D eigenvalue weighted by atomic mass is 32.1. The van der Waals surface area contributed by atoms with Gasteiger partial charge in [-0.3, -0.25) is 0 Å². The first-order chi connectivity index (χ1) is 11.6. The molecule has 2 aromatic carbocycles. The molecular weight excluding hydrogens is 327 g/mol. The average Bonchev–Trinajstić information content (AvgIpc) is 2.58. The zero-order valence-corrected chi connectivity index (χ0v) is 14.2. The number of esters is 1. The fourth-order valence-electron chi connectivity index (χ4n) is 1.91. The zero-order chi connectivity index (χ0) is 17.4. The molecular formula is C18H19FN2O2S. The minimum Gasteiger partial charge on any atom is -0.462 e. The Morgan fingerprint density at radius 1 is 1.04 bits per heavy atom. The van der Waals surface area contributed by atoms with Crippen molar-refractivity contribution in [1.29, 1.82) is 0 Å². The maximum absolute atomic E-state index is 12.9. The highest BCUT2D eigenvalue weighted by Crippen LogP contribution is 2.13. The molecule has 0 aromatic heterocycles. The normalized spacial score (nSPS) is 10.1. The molecule has 2 N–H and O–H groups in total. The summed E-state index contributed by atoms with van der Waals surface area (Å²) in [6, 6.07) is 12.7. The fraction of sp³-hybridized carbons (Fsp3) is 0.222. The van der Waals surface area contributed by atoms with Gasteiger partial charge in [0.1, 0.15) is 5.82 Å². The second-order valence-electron chi connectivity index (χ2n) is 5.15. The number of hydrogen-bond acceptors (Lipinski definition) is 3. The minimum absolute atomic E-state index is 0.305. The summed E-state index contributed by atoms with van der Waals surface area (Å²) in [6.07, 6.45) is 1.84. The van der Waals surface area contributed by atoms with E-state index in [2.05, 4.69) is 10.6 Å². The number of ether oxygens (including phenoxy) is 1. The van der Waals surface area contributed by atoms with Gasteiger partial charge in [-0.2, -0.15) is 0 Å². The number of hydrogen-bond donors (Lipinski definition) is 2. The molecule has 0 heterocycles. The van der Waals surface area contributed by atoms with Crippen LogP contribution in [-0.4, -0.2) is 17.7 Å². The van der Waals surface area contributed by atoms with Gasteiger partial charge in [-0.1, -0.05) is 13.3 Å². The lowest BCUT2D eigenvalue weighted by Crippen LogP contribution is -2.19. The largest absolute Gasteiger partial charge is 0.462 e. The number of unbranched alkanes of at least 4 members (excludes halogenated alkanes) is 1. The van der Waals surface area contributed by atoms with Crippen molar-refractivity contribution in [3.63, 3.8) is 0 Å². The van der Waals surface area contributed by atoms with E-state index in [4.69, 9.17) is 17.0 Å². The molecule has 24 heavy (non-hydrogen) atoms. The zero-order valence-electron chi connectivity index (χ0n) is 13.3. The predicted octanol–water partition coefficient (Wildman–Crippen LogP) is 4.59. The van der Waals surface area contributed by atoms with Crippen molar-refractivity contribution in [2.45, 2.75) is 19.8 Å². The van der Waals surface area contributed by atoms with Gasteiger partial charge in [0.2, 0.25) is 0 Å². The number of rotatable bonds is 6. The molecule has 0 spiro atoms. The Morgan fingerprint density at radius 2 is 1.58 bits per heavy atom. The molecule has 0 radical (unpaired) electrons. The summed E-state index contributed by atoms with van der Waals surface area (Å²) < 4.78 is 18.0. The molecule has 0 aliphatic rings. The van der Waals surface area contributed by atoms with E-state index in [1.807, 2.05) is 6.92 Å². The van der Waals surface area contributed by atoms with Gasteiger partial charge >= 0.3 is 5.97 Å². The Balaban J connectivity index is 1.87. The van der Waals surface area contributed by atoms with E-state index in [1.165, 1.54) is 12.1 Å². The number of anilines is 2. The molecule has 0 saturated carbocycles. The van der Waals surface area contributed by atoms with E-state index in [-0.39, 0.29) is 11.8 Å². The highest BCUT2D eigenvalue weighted by molar-refractivity contribution is 7.80. The fourth-order valence-corrected chi connectivity index (χ4v) is 2.14. The predicted molar refractivity (Wildman–Crippen MR) is 97.9 cm³/mol. The Bertz CT molecular complexity index is 687. The van der Waals surface area contributed by atoms with Crippen molar-refractivity contribution in [3.05, 3.63) is 59.9 Å². The monoisotopic (exact) mass is 346 g/mol. The van der Waals surface area contributed by atoms with Crippen LogP contribution in [0.15, 0.2) is 48.5 Å². The Labute approximate surface area is 146 Å². The van der Waals surface area contributed by atoms with Gasteiger partial charge < -0.3 is 15.4 Å². The van der Waals surface area contributed by atoms with Crippen LogP contribution in [0.4, 0.5) is 15.8 Å². The molecule has 0 aliphatic heterocycles. The number of thiocarbonyl (C=S) groups is 1. The molecule has 0 fully saturated rings. The SMILES string of the molecule is CCCCOC(=O)c1ccc(NC(=S)Nc2ccc(F)cc2)cc1. The van der Waals surface area contributed by atoms with Crippen LogP contribution in [0.3, 0.4) is 0 Å². The van der Waals surface area contributed by atoms with Gasteiger partial charge in [-0.15, -0.1) is 0 Å². The van der Waals surface area contributed by atoms with Crippen LogP contribution >= 0.6 is 12.2 Å². The van der Waals surface area contributed by atoms with Crippen LogP contribution < -0.4 is 10.6 Å². The molecule has 0 saturated heterocycles. The van der Waals surface area contributed by atoms with Crippen LogP contribution in [0.1, 0.15) is 30.1 Å². The summed E-state index contributed by atoms with van der Waals surface area (Å²) in [6.45, 7) is 2.47. The molecule has 6 heteroatoms. The molecule has 0 atom stereocenters. The second kappa shape index (κ2) is 8.98. The van der Waals surface area contributed by atoms with E-state index >= 15 is 0 Å². The summed E-state index contributed by atoms with van der Waals surface area (Å²) in [5.74, 6) is -0.636. The summed E-state index contributed by atoms with van der Waals surface area (Å²) in [4.78, 5) is 11.8. The first-order valence-corrected chi connectivity index (χ1v) is 8.10. The molecule has 2 rings (SSSR count). The third-order valence-electron chi connectivity index (χ3n) is 3.21. The average molecular weight is 346 g/mol. The number of carbonyl (C=O) groups excluding carboxylic acids is 1. The summed E-state index contributed by atoms with van der Waals surface area (Å²) >= 11 is 5.20. The van der Waals surface area contributed by atoms with E-state index in [0.29, 0.717) is 23.0 Å². The van der Waals surface area contributed by atoms with Crippen molar-refractivity contribution in [1.82, 2.24) is 0 Å². The quantitative estimate of drug-likeness (QED) is 0.455. The lowest BCUT2D eigenvalue weighted by Gasteiger charge is -2.11. The smallest absolute Gasteiger partial charge is 0.338 e. The summed E-state index contributed by atoms with van der Waals surface area (Å²) in [5, 5.41) is 6.32. The second-order valence-corrected chi connectivity index (χ2v) is 5.56. The van der Waals surface area contributed by atoms with Crippen LogP contribution in [-0.2, 0) is 4.74 Å². The topological polar surface area (TPSA) is 50.4 Å². The summed E-state index contributed by atoms with van der Waals surface area (Å²) in [7, 11) is 0. The van der Waals surface area contributed by atoms with E-state index in [9.17, 15) is 9.18 Å². The third kappa shape index (κ3) is 5.62. The Morgan fingerprint density at radius 3 is 2.12 bits per heavy atom. The summed E-state index contributed by atoms with van der Waals surface area (Å²) in [5.41, 5.74) is 1.92. The lowest BCUT2D eigenvalue weighted by molar-refractivity contribution is 0.0500. The van der Waals surface area contributed by atoms with Gasteiger partial charge in [0.05, 0.1) is 12.2 Å². The number of carbonyl (C=O) groups is 1. The van der Waals surface area contributed by atoms with Crippen LogP contribution in [0.2, 0.25) is 0 Å². The van der Waals surface area contributed by atoms with Crippen LogP contribution in [0.5, 0.6) is 0 Å². The Kier molecular flexibility index (Phi) is 6.69. The van der Waals surface area contributed by atoms with Gasteiger partial charge in [0.25, 0.3) is 0 Å². The lowest BCUT2D eigenvalue weighted by atomic mass is 10.2. The number of halogens is 1. The van der Waals surface area contributed by atoms with Crippen molar-refractivity contribution in [2.75, 3.05) is 17.2 Å². The van der Waals surface area contributed by atoms with Crippen molar-refractivity contribution >= 4 is 34.7 Å². The number of nitrogens with one attached hydrogen (secondary N) is 2. The molecule has 0 aliphatic carbocycles. The van der Waals surface area contributed by atoms with Gasteiger partial charge in [-0.05, 0) is 67.2 Å². The van der Waals surface area contributed by atoms with Crippen molar-refractivity contribution in [2.24, 2.45) is 0 Å². The van der Waals surface area contributed by atoms with E-state index < -0.39 is 0 Å². The van der Waals surface area contributed by atoms with E-state index in [1.54, 1.807) is 36.4 Å². The third-order valence-corrected chi connectivity index (χ3v) is 3.42. The number of benzene rings is 2. The van der Waals surface area contributed by atoms with Crippen LogP contribution in [0, 0.1) is 5.82 Å². The van der Waals surface area contributed by atoms with Gasteiger partial charge in [0, 0.05) is 11.4 Å². The van der Waals surface area contributed by atoms with E-state index in [0.717, 1.165) is 18.5 Å². The maximum Gasteiger partial charge on any atom is 0.338 e. The molecule has 126 valence electrons. The molecule has 0 bridgehead atoms. The maximum atomic E-state index is 12.9. The van der Waals surface area contributed by atoms with Crippen molar-refractivity contribution in [3.8, 4) is 0 Å². The minimum atomic E-state index is -0.331. The molecule has 2 aromatic rings. The Hall–Kier alpha value is -2.47. The van der Waals surface area contributed by atoms with Crippen LogP contribution in [0.25, 0.3) is 0 Å². The first kappa shape index (κ1) is 17.9. The highest BCUT2D eigenvalue weighted by Gasteiger charge is 2.07. The van der Waals surface area contributed by atoms with Gasteiger partial charge in [0.15, 0.2) is 5.11 Å². The first-order valence-electron chi connectivity index (χ1n) is 7.69. The van der Waals surface area contributed by atoms with Crippen molar-refractivity contribution < 1.29 is 13.9 Å².